The second-order valence-corrected chi connectivity index (χ2v) is 19.7. The summed E-state index contributed by atoms with van der Waals surface area (Å²) >= 11 is 1.61. The van der Waals surface area contributed by atoms with Crippen LogP contribution in [0.3, 0.4) is 0 Å². The SMILES string of the molecule is C=CC(CCCCNC(=O)CC[C@H](C)C(=C)O)NP.CC.CC.CC.CC(=O)CCCCCCCCCCCCCCCCCCC(N)=O.CNSC.CSSC.CSSC. The number of amides is 2. The van der Waals surface area contributed by atoms with Crippen molar-refractivity contribution in [1.82, 2.24) is 15.1 Å². The van der Waals surface area contributed by atoms with Gasteiger partial charge in [-0.15, -0.1) is 6.58 Å². The largest absolute Gasteiger partial charge is 0.513 e. The molecular weight excluding hydrogens is 876 g/mol. The van der Waals surface area contributed by atoms with Crippen LogP contribution in [-0.4, -0.2) is 73.6 Å². The summed E-state index contributed by atoms with van der Waals surface area (Å²) in [4.78, 5) is 32.9. The van der Waals surface area contributed by atoms with Gasteiger partial charge in [-0.3, -0.25) is 19.4 Å². The van der Waals surface area contributed by atoms with Gasteiger partial charge < -0.3 is 21.0 Å². The minimum Gasteiger partial charge on any atom is -0.513 e. The first-order valence-corrected chi connectivity index (χ1v) is 31.0. The number of nitrogens with two attached hydrogens (primary N) is 1. The predicted molar refractivity (Wildman–Crippen MR) is 298 cm³/mol. The van der Waals surface area contributed by atoms with E-state index in [1.54, 1.807) is 62.0 Å². The number of rotatable bonds is 33. The quantitative estimate of drug-likeness (QED) is 0.0107. The molecule has 0 fully saturated rings. The van der Waals surface area contributed by atoms with Crippen LogP contribution in [-0.2, 0) is 14.4 Å². The first-order valence-electron chi connectivity index (χ1n) is 23.2. The van der Waals surface area contributed by atoms with E-state index in [0.717, 1.165) is 44.9 Å². The number of hydrogen-bond acceptors (Lipinski definition) is 11. The molecule has 14 heteroatoms. The Morgan fingerprint density at radius 1 is 0.639 bits per heavy atom. The van der Waals surface area contributed by atoms with E-state index in [1.807, 2.05) is 67.8 Å². The third-order valence-corrected chi connectivity index (χ3v) is 11.9. The number of aliphatic hydroxyl groups excluding tert-OH is 1. The lowest BCUT2D eigenvalue weighted by atomic mass is 10.0. The number of hydrogen-bond donors (Lipinski definition) is 5. The topological polar surface area (TPSA) is 134 Å². The van der Waals surface area contributed by atoms with Gasteiger partial charge in [0.05, 0.1) is 5.76 Å². The molecule has 0 aromatic heterocycles. The third-order valence-electron chi connectivity index (χ3n) is 8.38. The molecule has 0 spiro atoms. The van der Waals surface area contributed by atoms with E-state index in [2.05, 4.69) is 62.7 Å². The van der Waals surface area contributed by atoms with E-state index in [0.29, 0.717) is 37.6 Å². The number of unbranched alkanes of at least 4 members (excludes halogenated alkanes) is 16. The number of carbonyl (C=O) groups is 3. The summed E-state index contributed by atoms with van der Waals surface area (Å²) in [6, 6.07) is 0.317. The highest BCUT2D eigenvalue weighted by atomic mass is 33.1. The minimum absolute atomic E-state index is 0.0211. The monoisotopic (exact) mass is 981 g/mol. The summed E-state index contributed by atoms with van der Waals surface area (Å²) in [6.07, 6.45) is 38.2. The van der Waals surface area contributed by atoms with Crippen LogP contribution in [0.1, 0.15) is 203 Å². The summed E-state index contributed by atoms with van der Waals surface area (Å²) in [5, 5.41) is 15.1. The Kier molecular flexibility index (Phi) is 103. The highest BCUT2D eigenvalue weighted by Crippen LogP contribution is 2.15. The summed E-state index contributed by atoms with van der Waals surface area (Å²) in [5.41, 5.74) is 5.12. The molecule has 6 N–H and O–H groups in total. The van der Waals surface area contributed by atoms with Crippen molar-refractivity contribution in [2.24, 2.45) is 11.7 Å². The van der Waals surface area contributed by atoms with E-state index in [1.165, 1.54) is 83.5 Å². The molecule has 2 amide bonds. The lowest BCUT2D eigenvalue weighted by Gasteiger charge is -2.11. The fraction of sp³-hybridized carbons (Fsp3) is 0.851. The molecule has 0 aliphatic carbocycles. The average Bonchev–Trinajstić information content (AvgIpc) is 3.28. The molecule has 61 heavy (non-hydrogen) atoms. The molecule has 0 aromatic carbocycles. The van der Waals surface area contributed by atoms with Crippen molar-refractivity contribution in [2.75, 3.05) is 44.9 Å². The van der Waals surface area contributed by atoms with Crippen molar-refractivity contribution >= 4 is 82.1 Å². The molecule has 8 nitrogen and oxygen atoms in total. The van der Waals surface area contributed by atoms with Crippen molar-refractivity contribution < 1.29 is 19.5 Å². The average molecular weight is 982 g/mol. The molecule has 0 radical (unpaired) electrons. The lowest BCUT2D eigenvalue weighted by molar-refractivity contribution is -0.121. The van der Waals surface area contributed by atoms with Gasteiger partial charge in [-0.2, -0.15) is 0 Å². The Balaban J connectivity index is -0.000000111. The number of carbonyl (C=O) groups excluding carboxylic acids is 3. The van der Waals surface area contributed by atoms with E-state index in [-0.39, 0.29) is 23.5 Å². The predicted octanol–water partition coefficient (Wildman–Crippen LogP) is 15.6. The molecule has 0 rings (SSSR count). The maximum Gasteiger partial charge on any atom is 0.220 e. The van der Waals surface area contributed by atoms with Gasteiger partial charge in [0.15, 0.2) is 0 Å². The van der Waals surface area contributed by atoms with E-state index in [4.69, 9.17) is 10.8 Å². The maximum atomic E-state index is 11.5. The third kappa shape index (κ3) is 99.7. The fourth-order valence-corrected chi connectivity index (χ4v) is 5.04. The van der Waals surface area contributed by atoms with Crippen LogP contribution in [0, 0.1) is 5.92 Å². The Hall–Kier alpha value is -0.0100. The number of Topliss-reactive ketones (excluding diaryl/α,β-unsaturated/α-hetero) is 1. The first kappa shape index (κ1) is 78.2. The summed E-state index contributed by atoms with van der Waals surface area (Å²) in [5.74, 6) is 0.332. The molecule has 0 aliphatic heterocycles. The van der Waals surface area contributed by atoms with Crippen molar-refractivity contribution in [3.05, 3.63) is 25.0 Å². The van der Waals surface area contributed by atoms with Crippen LogP contribution >= 0.6 is 64.5 Å². The standard InChI is InChI=1S/C21H41NO2.C14H27N2O2P.C2H7NS.2C2H6S2.3C2H6/c1-20(23)18-16-14-12-10-8-6-4-2-3-5-7-9-11-13-15-17-19-21(22)24;1-4-13(16-19)7-5-6-10-15-14(18)9-8-11(2)12(3)17;3*1-3-4-2;3*1-2/h2-19H2,1H3,(H2,22,24);4,11,13,16-17H,1,3,5-10,19H2,2H3,(H,15,18);3H,1-2H3;2*1-2H3;3*1-2H3/t;11-,13?;;;;;;/m.0....../s1. The molecule has 0 aromatic rings. The van der Waals surface area contributed by atoms with Gasteiger partial charge in [-0.1, -0.05) is 216 Å². The van der Waals surface area contributed by atoms with Gasteiger partial charge in [0.25, 0.3) is 0 Å². The van der Waals surface area contributed by atoms with Crippen LogP contribution in [0.15, 0.2) is 25.0 Å². The van der Waals surface area contributed by atoms with Gasteiger partial charge in [0.2, 0.25) is 11.8 Å². The molecule has 2 unspecified atom stereocenters. The molecule has 0 saturated heterocycles. The first-order chi connectivity index (χ1) is 29.4. The molecule has 3 atom stereocenters. The van der Waals surface area contributed by atoms with Crippen molar-refractivity contribution in [3.63, 3.8) is 0 Å². The molecule has 372 valence electrons. The number of ketones is 1. The van der Waals surface area contributed by atoms with Crippen molar-refractivity contribution in [1.29, 1.82) is 0 Å². The molecule has 0 bridgehead atoms. The van der Waals surface area contributed by atoms with Gasteiger partial charge >= 0.3 is 0 Å². The zero-order valence-electron chi connectivity index (χ0n) is 42.5. The van der Waals surface area contributed by atoms with Gasteiger partial charge in [-0.05, 0) is 83.8 Å². The number of allylic oxidation sites excluding steroid dienone is 1. The molecule has 0 saturated carbocycles. The van der Waals surface area contributed by atoms with E-state index < -0.39 is 0 Å². The van der Waals surface area contributed by atoms with Crippen LogP contribution in [0.5, 0.6) is 0 Å². The summed E-state index contributed by atoms with van der Waals surface area (Å²) < 4.78 is 2.85. The minimum atomic E-state index is -0.164. The zero-order valence-corrected chi connectivity index (χ0v) is 47.7. The highest BCUT2D eigenvalue weighted by molar-refractivity contribution is 8.76. The van der Waals surface area contributed by atoms with Gasteiger partial charge in [0, 0.05) is 37.8 Å². The summed E-state index contributed by atoms with van der Waals surface area (Å²) in [7, 11) is 11.5. The second-order valence-electron chi connectivity index (χ2n) is 13.2. The normalized spacial score (nSPS) is 10.3. The van der Waals surface area contributed by atoms with Crippen molar-refractivity contribution in [3.8, 4) is 0 Å². The second kappa shape index (κ2) is 80.3. The van der Waals surface area contributed by atoms with Gasteiger partial charge in [0.1, 0.15) is 5.78 Å². The Morgan fingerprint density at radius 2 is 0.984 bits per heavy atom. The lowest BCUT2D eigenvalue weighted by Crippen LogP contribution is -2.25. The van der Waals surface area contributed by atoms with Crippen LogP contribution in [0.4, 0.5) is 0 Å². The number of nitrogens with one attached hydrogen (secondary N) is 3. The summed E-state index contributed by atoms with van der Waals surface area (Å²) in [6.45, 7) is 23.5. The van der Waals surface area contributed by atoms with E-state index >= 15 is 0 Å². The number of primary amides is 1. The Morgan fingerprint density at radius 3 is 1.25 bits per heavy atom. The van der Waals surface area contributed by atoms with Crippen LogP contribution in [0.2, 0.25) is 0 Å². The fourth-order valence-electron chi connectivity index (χ4n) is 4.74. The van der Waals surface area contributed by atoms with Gasteiger partial charge in [-0.25, -0.2) is 0 Å². The molecule has 0 heterocycles. The Labute approximate surface area is 404 Å². The highest BCUT2D eigenvalue weighted by Gasteiger charge is 2.08. The zero-order chi connectivity index (χ0) is 48.8. The van der Waals surface area contributed by atoms with Crippen molar-refractivity contribution in [2.45, 2.75) is 209 Å². The Bertz CT molecular complexity index is 792. The molecule has 0 aliphatic rings. The smallest absolute Gasteiger partial charge is 0.220 e. The molecular formula is C47H105N4O4PS5. The van der Waals surface area contributed by atoms with Crippen LogP contribution < -0.4 is 20.9 Å². The maximum absolute atomic E-state index is 11.5. The van der Waals surface area contributed by atoms with E-state index in [9.17, 15) is 14.4 Å². The van der Waals surface area contributed by atoms with Crippen LogP contribution in [0.25, 0.3) is 0 Å². The number of aliphatic hydroxyl groups is 1.